The first-order valence-electron chi connectivity index (χ1n) is 5.12. The Hall–Kier alpha value is -1.06. The van der Waals surface area contributed by atoms with Crippen molar-refractivity contribution < 1.29 is 9.47 Å². The largest absolute Gasteiger partial charge is 0.490 e. The molecule has 0 saturated carbocycles. The fourth-order valence-electron chi connectivity index (χ4n) is 1.56. The number of rotatable bonds is 4. The first-order valence-corrected chi connectivity index (χ1v) is 5.91. The highest BCUT2D eigenvalue weighted by Crippen LogP contribution is 2.32. The molecule has 0 heterocycles. The summed E-state index contributed by atoms with van der Waals surface area (Å²) in [6.45, 7) is 1.16. The fourth-order valence-corrected chi connectivity index (χ4v) is 2.17. The van der Waals surface area contributed by atoms with Gasteiger partial charge in [-0.1, -0.05) is 30.3 Å². The predicted molar refractivity (Wildman–Crippen MR) is 69.0 cm³/mol. The quantitative estimate of drug-likeness (QED) is 0.797. The minimum atomic E-state index is 0.563. The molecule has 0 aliphatic carbocycles. The summed E-state index contributed by atoms with van der Waals surface area (Å²) in [4.78, 5) is 0. The van der Waals surface area contributed by atoms with Crippen molar-refractivity contribution in [2.24, 2.45) is 0 Å². The van der Waals surface area contributed by atoms with Gasteiger partial charge >= 0.3 is 0 Å². The van der Waals surface area contributed by atoms with Crippen LogP contribution in [0.1, 0.15) is 0 Å². The molecule has 0 aliphatic rings. The van der Waals surface area contributed by atoms with Gasteiger partial charge in [-0.25, -0.2) is 0 Å². The number of hydrogen-bond donors (Lipinski definition) is 0. The average molecular weight is 281 g/mol. The van der Waals surface area contributed by atoms with Crippen LogP contribution in [0.4, 0.5) is 0 Å². The smallest absolute Gasteiger partial charge is 0.134 e. The van der Waals surface area contributed by atoms with Crippen LogP contribution >= 0.6 is 15.9 Å². The fraction of sp³-hybridized carbons (Fsp3) is 0.231. The highest BCUT2D eigenvalue weighted by atomic mass is 79.9. The maximum Gasteiger partial charge on any atom is 0.134 e. The Balaban J connectivity index is 2.29. The van der Waals surface area contributed by atoms with Crippen LogP contribution < -0.4 is 4.74 Å². The lowest BCUT2D eigenvalue weighted by molar-refractivity contribution is 0.146. The van der Waals surface area contributed by atoms with Gasteiger partial charge < -0.3 is 9.47 Å². The molecule has 0 unspecified atom stereocenters. The van der Waals surface area contributed by atoms with Gasteiger partial charge in [0.2, 0.25) is 0 Å². The van der Waals surface area contributed by atoms with Crippen LogP contribution in [-0.4, -0.2) is 20.3 Å². The molecule has 0 saturated heterocycles. The van der Waals surface area contributed by atoms with E-state index in [1.807, 2.05) is 18.2 Å². The molecule has 3 heteroatoms. The van der Waals surface area contributed by atoms with Gasteiger partial charge in [0, 0.05) is 7.11 Å². The molecule has 2 rings (SSSR count). The summed E-state index contributed by atoms with van der Waals surface area (Å²) in [6.07, 6.45) is 0. The molecule has 0 spiro atoms. The van der Waals surface area contributed by atoms with E-state index in [0.29, 0.717) is 13.2 Å². The van der Waals surface area contributed by atoms with Gasteiger partial charge in [-0.2, -0.15) is 0 Å². The molecule has 0 fully saturated rings. The third-order valence-electron chi connectivity index (χ3n) is 2.37. The zero-order valence-electron chi connectivity index (χ0n) is 9.07. The van der Waals surface area contributed by atoms with Crippen molar-refractivity contribution >= 4 is 26.7 Å². The molecule has 0 radical (unpaired) electrons. The topological polar surface area (TPSA) is 18.5 Å². The van der Waals surface area contributed by atoms with Crippen LogP contribution in [0.3, 0.4) is 0 Å². The van der Waals surface area contributed by atoms with E-state index < -0.39 is 0 Å². The van der Waals surface area contributed by atoms with E-state index in [4.69, 9.17) is 9.47 Å². The van der Waals surface area contributed by atoms with Gasteiger partial charge in [-0.3, -0.25) is 0 Å². The number of methoxy groups -OCH3 is 1. The molecular formula is C13H13BrO2. The SMILES string of the molecule is COCCOc1ccc2ccccc2c1Br. The van der Waals surface area contributed by atoms with Crippen LogP contribution in [0.25, 0.3) is 10.8 Å². The minimum absolute atomic E-state index is 0.563. The van der Waals surface area contributed by atoms with E-state index in [2.05, 4.69) is 34.1 Å². The molecule has 0 aromatic heterocycles. The summed E-state index contributed by atoms with van der Waals surface area (Å²) in [5.74, 6) is 0.857. The van der Waals surface area contributed by atoms with Crippen LogP contribution in [0.2, 0.25) is 0 Å². The van der Waals surface area contributed by atoms with Crippen molar-refractivity contribution in [2.75, 3.05) is 20.3 Å². The Kier molecular flexibility index (Phi) is 3.80. The molecule has 0 amide bonds. The molecular weight excluding hydrogens is 268 g/mol. The Bertz CT molecular complexity index is 482. The molecule has 84 valence electrons. The van der Waals surface area contributed by atoms with E-state index in [1.165, 1.54) is 5.39 Å². The van der Waals surface area contributed by atoms with E-state index in [9.17, 15) is 0 Å². The van der Waals surface area contributed by atoms with Gasteiger partial charge in [0.25, 0.3) is 0 Å². The number of hydrogen-bond acceptors (Lipinski definition) is 2. The lowest BCUT2D eigenvalue weighted by atomic mass is 10.1. The van der Waals surface area contributed by atoms with Gasteiger partial charge in [0.05, 0.1) is 11.1 Å². The van der Waals surface area contributed by atoms with Gasteiger partial charge in [-0.05, 0) is 32.8 Å². The zero-order valence-corrected chi connectivity index (χ0v) is 10.7. The third kappa shape index (κ3) is 2.36. The van der Waals surface area contributed by atoms with Gasteiger partial charge in [0.1, 0.15) is 12.4 Å². The zero-order chi connectivity index (χ0) is 11.4. The van der Waals surface area contributed by atoms with Crippen LogP contribution in [0.5, 0.6) is 5.75 Å². The number of ether oxygens (including phenoxy) is 2. The molecule has 2 aromatic carbocycles. The first kappa shape index (κ1) is 11.4. The monoisotopic (exact) mass is 280 g/mol. The molecule has 2 aromatic rings. The Morgan fingerprint density at radius 2 is 1.88 bits per heavy atom. The second-order valence-electron chi connectivity index (χ2n) is 3.44. The summed E-state index contributed by atoms with van der Waals surface area (Å²) < 4.78 is 11.6. The van der Waals surface area contributed by atoms with Crippen molar-refractivity contribution in [1.82, 2.24) is 0 Å². The van der Waals surface area contributed by atoms with Gasteiger partial charge in [-0.15, -0.1) is 0 Å². The van der Waals surface area contributed by atoms with E-state index >= 15 is 0 Å². The average Bonchev–Trinajstić information content (AvgIpc) is 2.33. The van der Waals surface area contributed by atoms with Crippen molar-refractivity contribution in [2.45, 2.75) is 0 Å². The van der Waals surface area contributed by atoms with Crippen LogP contribution in [0.15, 0.2) is 40.9 Å². The molecule has 0 aliphatic heterocycles. The maximum absolute atomic E-state index is 5.61. The van der Waals surface area contributed by atoms with Crippen LogP contribution in [-0.2, 0) is 4.74 Å². The molecule has 2 nitrogen and oxygen atoms in total. The van der Waals surface area contributed by atoms with Crippen molar-refractivity contribution in [1.29, 1.82) is 0 Å². The summed E-state index contributed by atoms with van der Waals surface area (Å²) in [7, 11) is 1.67. The highest BCUT2D eigenvalue weighted by Gasteiger charge is 2.05. The number of fused-ring (bicyclic) bond motifs is 1. The standard InChI is InChI=1S/C13H13BrO2/c1-15-8-9-16-12-7-6-10-4-2-3-5-11(10)13(12)14/h2-7H,8-9H2,1H3. The van der Waals surface area contributed by atoms with Crippen molar-refractivity contribution in [3.8, 4) is 5.75 Å². The lowest BCUT2D eigenvalue weighted by Crippen LogP contribution is -2.04. The maximum atomic E-state index is 5.61. The predicted octanol–water partition coefficient (Wildman–Crippen LogP) is 3.63. The summed E-state index contributed by atoms with van der Waals surface area (Å²) in [5, 5.41) is 2.37. The Morgan fingerprint density at radius 3 is 2.69 bits per heavy atom. The highest BCUT2D eigenvalue weighted by molar-refractivity contribution is 9.10. The van der Waals surface area contributed by atoms with Crippen molar-refractivity contribution in [3.63, 3.8) is 0 Å². The first-order chi connectivity index (χ1) is 7.83. The summed E-state index contributed by atoms with van der Waals surface area (Å²) in [6, 6.07) is 12.2. The molecule has 0 N–H and O–H groups in total. The molecule has 0 bridgehead atoms. The van der Waals surface area contributed by atoms with Gasteiger partial charge in [0.15, 0.2) is 0 Å². The second kappa shape index (κ2) is 5.32. The van der Waals surface area contributed by atoms with Crippen LogP contribution in [0, 0.1) is 0 Å². The Morgan fingerprint density at radius 1 is 1.06 bits per heavy atom. The van der Waals surface area contributed by atoms with E-state index in [-0.39, 0.29) is 0 Å². The van der Waals surface area contributed by atoms with Crippen molar-refractivity contribution in [3.05, 3.63) is 40.9 Å². The number of halogens is 1. The Labute approximate surface area is 103 Å². The normalized spacial score (nSPS) is 10.6. The van der Waals surface area contributed by atoms with E-state index in [1.54, 1.807) is 7.11 Å². The summed E-state index contributed by atoms with van der Waals surface area (Å²) in [5.41, 5.74) is 0. The summed E-state index contributed by atoms with van der Waals surface area (Å²) >= 11 is 3.57. The second-order valence-corrected chi connectivity index (χ2v) is 4.23. The molecule has 0 atom stereocenters. The lowest BCUT2D eigenvalue weighted by Gasteiger charge is -2.09. The third-order valence-corrected chi connectivity index (χ3v) is 3.19. The minimum Gasteiger partial charge on any atom is -0.490 e. The molecule has 16 heavy (non-hydrogen) atoms. The van der Waals surface area contributed by atoms with E-state index in [0.717, 1.165) is 15.6 Å². The number of benzene rings is 2.